The van der Waals surface area contributed by atoms with Crippen LogP contribution in [-0.4, -0.2) is 12.5 Å². The Labute approximate surface area is 109 Å². The zero-order valence-corrected chi connectivity index (χ0v) is 11.2. The fraction of sp³-hybridized carbons (Fsp3) is 0.867. The summed E-state index contributed by atoms with van der Waals surface area (Å²) >= 11 is 0. The lowest BCUT2D eigenvalue weighted by Crippen LogP contribution is -2.56. The molecular formula is C15H22N2O. The zero-order chi connectivity index (χ0) is 12.8. The van der Waals surface area contributed by atoms with E-state index >= 15 is 0 Å². The summed E-state index contributed by atoms with van der Waals surface area (Å²) in [5.41, 5.74) is 0.324. The molecular weight excluding hydrogens is 224 g/mol. The summed E-state index contributed by atoms with van der Waals surface area (Å²) in [6, 6.07) is 2.09. The van der Waals surface area contributed by atoms with Gasteiger partial charge in [0.05, 0.1) is 17.9 Å². The SMILES string of the molecule is CC12CC3CC(C1)CC(C(=O)NCCC#N)(C3)C2. The van der Waals surface area contributed by atoms with Gasteiger partial charge in [-0.05, 0) is 55.8 Å². The van der Waals surface area contributed by atoms with Gasteiger partial charge in [0.15, 0.2) is 0 Å². The molecule has 0 saturated heterocycles. The first-order valence-electron chi connectivity index (χ1n) is 7.21. The first-order valence-corrected chi connectivity index (χ1v) is 7.21. The average Bonchev–Trinajstić information content (AvgIpc) is 2.25. The number of hydrogen-bond donors (Lipinski definition) is 1. The van der Waals surface area contributed by atoms with Crippen molar-refractivity contribution in [2.45, 2.75) is 51.9 Å². The zero-order valence-electron chi connectivity index (χ0n) is 11.2. The van der Waals surface area contributed by atoms with Gasteiger partial charge < -0.3 is 5.32 Å². The molecule has 0 aromatic heterocycles. The molecule has 0 aromatic carbocycles. The summed E-state index contributed by atoms with van der Waals surface area (Å²) in [5, 5.41) is 11.5. The average molecular weight is 246 g/mol. The van der Waals surface area contributed by atoms with E-state index in [-0.39, 0.29) is 11.3 Å². The quantitative estimate of drug-likeness (QED) is 0.778. The van der Waals surface area contributed by atoms with Crippen molar-refractivity contribution in [2.75, 3.05) is 6.54 Å². The number of carbonyl (C=O) groups is 1. The minimum Gasteiger partial charge on any atom is -0.355 e. The first-order chi connectivity index (χ1) is 8.55. The van der Waals surface area contributed by atoms with Gasteiger partial charge in [0.1, 0.15) is 0 Å². The number of nitriles is 1. The van der Waals surface area contributed by atoms with Crippen molar-refractivity contribution in [3.05, 3.63) is 0 Å². The van der Waals surface area contributed by atoms with Gasteiger partial charge in [-0.2, -0.15) is 5.26 Å². The Bertz CT molecular complexity index is 395. The van der Waals surface area contributed by atoms with E-state index in [1.165, 1.54) is 19.3 Å². The van der Waals surface area contributed by atoms with E-state index < -0.39 is 0 Å². The summed E-state index contributed by atoms with van der Waals surface area (Å²) in [5.74, 6) is 1.79. The first kappa shape index (κ1) is 12.0. The molecule has 4 bridgehead atoms. The smallest absolute Gasteiger partial charge is 0.226 e. The summed E-state index contributed by atoms with van der Waals surface area (Å²) in [4.78, 5) is 12.5. The predicted molar refractivity (Wildman–Crippen MR) is 68.5 cm³/mol. The molecule has 18 heavy (non-hydrogen) atoms. The van der Waals surface area contributed by atoms with Crippen molar-refractivity contribution in [1.82, 2.24) is 5.32 Å². The molecule has 1 N–H and O–H groups in total. The number of nitrogens with one attached hydrogen (secondary N) is 1. The molecule has 0 heterocycles. The van der Waals surface area contributed by atoms with E-state index in [0.717, 1.165) is 31.1 Å². The highest BCUT2D eigenvalue weighted by Gasteiger charge is 2.58. The molecule has 4 aliphatic carbocycles. The van der Waals surface area contributed by atoms with Crippen LogP contribution in [0.2, 0.25) is 0 Å². The lowest BCUT2D eigenvalue weighted by atomic mass is 9.44. The molecule has 3 heteroatoms. The largest absolute Gasteiger partial charge is 0.355 e. The Morgan fingerprint density at radius 2 is 2.00 bits per heavy atom. The van der Waals surface area contributed by atoms with Gasteiger partial charge >= 0.3 is 0 Å². The number of hydrogen-bond acceptors (Lipinski definition) is 2. The molecule has 3 nitrogen and oxygen atoms in total. The molecule has 98 valence electrons. The third-order valence-corrected chi connectivity index (χ3v) is 5.36. The highest BCUT2D eigenvalue weighted by Crippen LogP contribution is 2.65. The van der Waals surface area contributed by atoms with Crippen LogP contribution in [0.15, 0.2) is 0 Å². The van der Waals surface area contributed by atoms with Crippen LogP contribution in [0.1, 0.15) is 51.9 Å². The Kier molecular flexibility index (Phi) is 2.66. The minimum atomic E-state index is -0.0890. The van der Waals surface area contributed by atoms with Crippen molar-refractivity contribution < 1.29 is 4.79 Å². The van der Waals surface area contributed by atoms with Gasteiger partial charge in [-0.3, -0.25) is 4.79 Å². The Morgan fingerprint density at radius 3 is 2.56 bits per heavy atom. The number of rotatable bonds is 3. The standard InChI is InChI=1S/C15H22N2O/c1-14-6-11-5-12(7-14)9-15(8-11,10-14)13(18)17-4-2-3-16/h11-12H,2,4-10H2,1H3,(H,17,18). The molecule has 2 atom stereocenters. The van der Waals surface area contributed by atoms with Crippen LogP contribution in [0.25, 0.3) is 0 Å². The Hall–Kier alpha value is -1.04. The lowest BCUT2D eigenvalue weighted by molar-refractivity contribution is -0.155. The van der Waals surface area contributed by atoms with Crippen molar-refractivity contribution in [2.24, 2.45) is 22.7 Å². The fourth-order valence-corrected chi connectivity index (χ4v) is 5.41. The van der Waals surface area contributed by atoms with Gasteiger partial charge in [-0.15, -0.1) is 0 Å². The van der Waals surface area contributed by atoms with Crippen LogP contribution >= 0.6 is 0 Å². The van der Waals surface area contributed by atoms with E-state index in [4.69, 9.17) is 5.26 Å². The maximum atomic E-state index is 12.5. The van der Waals surface area contributed by atoms with Crippen LogP contribution in [-0.2, 0) is 4.79 Å². The lowest BCUT2D eigenvalue weighted by Gasteiger charge is -2.60. The molecule has 2 unspecified atom stereocenters. The normalized spacial score (nSPS) is 44.7. The number of amides is 1. The van der Waals surface area contributed by atoms with Gasteiger partial charge in [0.25, 0.3) is 0 Å². The van der Waals surface area contributed by atoms with Crippen LogP contribution in [0.5, 0.6) is 0 Å². The molecule has 4 fully saturated rings. The van der Waals surface area contributed by atoms with Crippen molar-refractivity contribution in [1.29, 1.82) is 5.26 Å². The minimum absolute atomic E-state index is 0.0890. The topological polar surface area (TPSA) is 52.9 Å². The molecule has 0 aliphatic heterocycles. The Morgan fingerprint density at radius 1 is 1.33 bits per heavy atom. The van der Waals surface area contributed by atoms with Gasteiger partial charge in [0, 0.05) is 6.54 Å². The fourth-order valence-electron chi connectivity index (χ4n) is 5.41. The van der Waals surface area contributed by atoms with E-state index in [9.17, 15) is 4.79 Å². The van der Waals surface area contributed by atoms with E-state index in [0.29, 0.717) is 18.4 Å². The molecule has 4 rings (SSSR count). The molecule has 0 spiro atoms. The second kappa shape index (κ2) is 3.98. The maximum absolute atomic E-state index is 12.5. The Balaban J connectivity index is 1.75. The van der Waals surface area contributed by atoms with Crippen LogP contribution < -0.4 is 5.32 Å². The molecule has 0 radical (unpaired) electrons. The van der Waals surface area contributed by atoms with Gasteiger partial charge in [0.2, 0.25) is 5.91 Å². The van der Waals surface area contributed by atoms with E-state index in [1.54, 1.807) is 0 Å². The summed E-state index contributed by atoms with van der Waals surface area (Å²) in [7, 11) is 0. The van der Waals surface area contributed by atoms with Crippen LogP contribution in [0, 0.1) is 34.0 Å². The number of carbonyl (C=O) groups excluding carboxylic acids is 1. The van der Waals surface area contributed by atoms with Crippen LogP contribution in [0.3, 0.4) is 0 Å². The summed E-state index contributed by atoms with van der Waals surface area (Å²) in [6.07, 6.45) is 7.70. The molecule has 4 aliphatic rings. The van der Waals surface area contributed by atoms with Gasteiger partial charge in [-0.25, -0.2) is 0 Å². The van der Waals surface area contributed by atoms with Crippen LogP contribution in [0.4, 0.5) is 0 Å². The summed E-state index contributed by atoms with van der Waals surface area (Å²) in [6.45, 7) is 2.89. The van der Waals surface area contributed by atoms with E-state index in [1.807, 2.05) is 0 Å². The molecule has 4 saturated carbocycles. The predicted octanol–water partition coefficient (Wildman–Crippen LogP) is 2.62. The molecule has 1 amide bonds. The third kappa shape index (κ3) is 1.83. The summed E-state index contributed by atoms with van der Waals surface area (Å²) < 4.78 is 0. The highest BCUT2D eigenvalue weighted by molar-refractivity contribution is 5.83. The second-order valence-electron chi connectivity index (χ2n) is 7.22. The monoisotopic (exact) mass is 246 g/mol. The van der Waals surface area contributed by atoms with Crippen molar-refractivity contribution >= 4 is 5.91 Å². The number of nitrogens with zero attached hydrogens (tertiary/aromatic N) is 1. The van der Waals surface area contributed by atoms with Crippen molar-refractivity contribution in [3.63, 3.8) is 0 Å². The highest BCUT2D eigenvalue weighted by atomic mass is 16.2. The van der Waals surface area contributed by atoms with Crippen molar-refractivity contribution in [3.8, 4) is 6.07 Å². The van der Waals surface area contributed by atoms with Gasteiger partial charge in [-0.1, -0.05) is 6.92 Å². The third-order valence-electron chi connectivity index (χ3n) is 5.36. The maximum Gasteiger partial charge on any atom is 0.226 e. The van der Waals surface area contributed by atoms with E-state index in [2.05, 4.69) is 18.3 Å². The molecule has 0 aromatic rings. The second-order valence-corrected chi connectivity index (χ2v) is 7.22.